The van der Waals surface area contributed by atoms with Gasteiger partial charge in [-0.05, 0) is 43.9 Å². The second-order valence-corrected chi connectivity index (χ2v) is 6.05. The molecule has 0 radical (unpaired) electrons. The molecule has 0 spiro atoms. The first-order chi connectivity index (χ1) is 11.4. The van der Waals surface area contributed by atoms with Crippen LogP contribution < -0.4 is 5.73 Å². The Morgan fingerprint density at radius 1 is 1.33 bits per heavy atom. The van der Waals surface area contributed by atoms with Crippen molar-refractivity contribution < 1.29 is 5.11 Å². The summed E-state index contributed by atoms with van der Waals surface area (Å²) >= 11 is 0. The number of aliphatic hydroxyl groups is 1. The molecule has 0 atom stereocenters. The van der Waals surface area contributed by atoms with Gasteiger partial charge in [-0.3, -0.25) is 0 Å². The molecule has 0 amide bonds. The molecule has 6 nitrogen and oxygen atoms in total. The van der Waals surface area contributed by atoms with Crippen LogP contribution in [0.5, 0.6) is 0 Å². The molecule has 0 aliphatic carbocycles. The maximum Gasteiger partial charge on any atom is 0.221 e. The molecule has 0 aromatic carbocycles. The molecule has 122 valence electrons. The molecular formula is C18H19N5O. The standard InChI is InChI=1S/C18H19N5O/c1-4-12-11-23(16-6-8-20-17(19)22-16)15-9-13(21-10-14(12)15)5-7-18(2,3)24/h6,8-11,24H,4H2,1-3H3,(H2,19,20,22). The van der Waals surface area contributed by atoms with Gasteiger partial charge in [0.15, 0.2) is 0 Å². The van der Waals surface area contributed by atoms with E-state index in [4.69, 9.17) is 5.73 Å². The fourth-order valence-corrected chi connectivity index (χ4v) is 2.44. The molecule has 0 saturated heterocycles. The lowest BCUT2D eigenvalue weighted by molar-refractivity contribution is 0.143. The molecule has 6 heteroatoms. The van der Waals surface area contributed by atoms with Crippen molar-refractivity contribution in [2.75, 3.05) is 5.73 Å². The monoisotopic (exact) mass is 321 g/mol. The van der Waals surface area contributed by atoms with E-state index in [0.29, 0.717) is 11.5 Å². The number of nitrogens with two attached hydrogens (primary N) is 1. The van der Waals surface area contributed by atoms with Gasteiger partial charge in [0.25, 0.3) is 0 Å². The van der Waals surface area contributed by atoms with E-state index in [1.54, 1.807) is 26.1 Å². The number of aryl methyl sites for hydroxylation is 1. The number of nitrogen functional groups attached to an aromatic ring is 1. The summed E-state index contributed by atoms with van der Waals surface area (Å²) in [5.41, 5.74) is 7.34. The molecule has 3 N–H and O–H groups in total. The Kier molecular flexibility index (Phi) is 3.96. The van der Waals surface area contributed by atoms with Crippen LogP contribution >= 0.6 is 0 Å². The van der Waals surface area contributed by atoms with E-state index in [2.05, 4.69) is 33.7 Å². The number of nitrogens with zero attached hydrogens (tertiary/aromatic N) is 4. The molecular weight excluding hydrogens is 302 g/mol. The Morgan fingerprint density at radius 3 is 2.79 bits per heavy atom. The normalized spacial score (nSPS) is 11.3. The first-order valence-electron chi connectivity index (χ1n) is 7.72. The van der Waals surface area contributed by atoms with E-state index >= 15 is 0 Å². The smallest absolute Gasteiger partial charge is 0.221 e. The zero-order valence-corrected chi connectivity index (χ0v) is 13.9. The fraction of sp³-hybridized carbons (Fsp3) is 0.278. The maximum absolute atomic E-state index is 9.76. The predicted octanol–water partition coefficient (Wildman–Crippen LogP) is 2.08. The number of rotatable bonds is 2. The summed E-state index contributed by atoms with van der Waals surface area (Å²) in [7, 11) is 0. The van der Waals surface area contributed by atoms with Gasteiger partial charge in [-0.25, -0.2) is 9.97 Å². The summed E-state index contributed by atoms with van der Waals surface area (Å²) in [5, 5.41) is 10.8. The third-order valence-corrected chi connectivity index (χ3v) is 3.56. The summed E-state index contributed by atoms with van der Waals surface area (Å²) < 4.78 is 1.96. The lowest BCUT2D eigenvalue weighted by Gasteiger charge is -2.06. The molecule has 3 rings (SSSR count). The molecule has 3 aromatic heterocycles. The molecule has 0 fully saturated rings. The van der Waals surface area contributed by atoms with Crippen molar-refractivity contribution in [2.24, 2.45) is 0 Å². The van der Waals surface area contributed by atoms with Crippen molar-refractivity contribution in [3.8, 4) is 17.7 Å². The van der Waals surface area contributed by atoms with Crippen LogP contribution in [0.25, 0.3) is 16.7 Å². The van der Waals surface area contributed by atoms with E-state index in [-0.39, 0.29) is 5.95 Å². The topological polar surface area (TPSA) is 89.9 Å². The Balaban J connectivity index is 2.19. The largest absolute Gasteiger partial charge is 0.378 e. The van der Waals surface area contributed by atoms with Gasteiger partial charge in [0.2, 0.25) is 5.95 Å². The zero-order chi connectivity index (χ0) is 17.3. The van der Waals surface area contributed by atoms with E-state index < -0.39 is 5.60 Å². The van der Waals surface area contributed by atoms with Gasteiger partial charge in [0, 0.05) is 24.0 Å². The van der Waals surface area contributed by atoms with Crippen molar-refractivity contribution in [3.63, 3.8) is 0 Å². The van der Waals surface area contributed by atoms with E-state index in [1.807, 2.05) is 23.0 Å². The Morgan fingerprint density at radius 2 is 2.12 bits per heavy atom. The number of fused-ring (bicyclic) bond motifs is 1. The highest BCUT2D eigenvalue weighted by Crippen LogP contribution is 2.24. The minimum atomic E-state index is -1.06. The summed E-state index contributed by atoms with van der Waals surface area (Å²) in [5.74, 6) is 6.61. The zero-order valence-electron chi connectivity index (χ0n) is 13.9. The SMILES string of the molecule is CCc1cn(-c2ccnc(N)n2)c2cc(C#CC(C)(C)O)ncc12. The second-order valence-electron chi connectivity index (χ2n) is 6.05. The number of aromatic nitrogens is 4. The van der Waals surface area contributed by atoms with Crippen LogP contribution in [0.2, 0.25) is 0 Å². The average molecular weight is 321 g/mol. The summed E-state index contributed by atoms with van der Waals surface area (Å²) in [4.78, 5) is 12.6. The quantitative estimate of drug-likeness (QED) is 0.705. The number of hydrogen-bond acceptors (Lipinski definition) is 5. The van der Waals surface area contributed by atoms with Crippen molar-refractivity contribution in [3.05, 3.63) is 42.0 Å². The first-order valence-corrected chi connectivity index (χ1v) is 7.72. The van der Waals surface area contributed by atoms with Gasteiger partial charge >= 0.3 is 0 Å². The highest BCUT2D eigenvalue weighted by Gasteiger charge is 2.12. The average Bonchev–Trinajstić information content (AvgIpc) is 2.90. The van der Waals surface area contributed by atoms with Crippen LogP contribution in [0.1, 0.15) is 32.0 Å². The Bertz CT molecular complexity index is 957. The summed E-state index contributed by atoms with van der Waals surface area (Å²) in [6.07, 6.45) is 6.34. The van der Waals surface area contributed by atoms with Crippen molar-refractivity contribution in [1.82, 2.24) is 19.5 Å². The summed E-state index contributed by atoms with van der Waals surface area (Å²) in [6.45, 7) is 5.37. The van der Waals surface area contributed by atoms with Gasteiger partial charge in [-0.15, -0.1) is 0 Å². The second kappa shape index (κ2) is 5.95. The number of pyridine rings is 1. The fourth-order valence-electron chi connectivity index (χ4n) is 2.44. The number of anilines is 1. The van der Waals surface area contributed by atoms with Crippen LogP contribution in [0, 0.1) is 11.8 Å². The van der Waals surface area contributed by atoms with Crippen LogP contribution in [-0.2, 0) is 6.42 Å². The third-order valence-electron chi connectivity index (χ3n) is 3.56. The third kappa shape index (κ3) is 3.21. The maximum atomic E-state index is 9.76. The van der Waals surface area contributed by atoms with Gasteiger partial charge in [0.1, 0.15) is 17.1 Å². The molecule has 0 aliphatic rings. The van der Waals surface area contributed by atoms with Crippen LogP contribution in [0.15, 0.2) is 30.7 Å². The minimum Gasteiger partial charge on any atom is -0.378 e. The lowest BCUT2D eigenvalue weighted by atomic mass is 10.1. The predicted molar refractivity (Wildman–Crippen MR) is 93.6 cm³/mol. The van der Waals surface area contributed by atoms with Gasteiger partial charge in [-0.1, -0.05) is 12.8 Å². The highest BCUT2D eigenvalue weighted by atomic mass is 16.3. The van der Waals surface area contributed by atoms with E-state index in [0.717, 1.165) is 22.9 Å². The summed E-state index contributed by atoms with van der Waals surface area (Å²) in [6, 6.07) is 3.70. The van der Waals surface area contributed by atoms with E-state index in [1.165, 1.54) is 0 Å². The molecule has 3 aromatic rings. The Hall–Kier alpha value is -2.91. The minimum absolute atomic E-state index is 0.225. The first kappa shape index (κ1) is 16.0. The van der Waals surface area contributed by atoms with Gasteiger partial charge < -0.3 is 15.4 Å². The molecule has 0 unspecified atom stereocenters. The number of hydrogen-bond donors (Lipinski definition) is 2. The van der Waals surface area contributed by atoms with Crippen molar-refractivity contribution in [2.45, 2.75) is 32.8 Å². The van der Waals surface area contributed by atoms with Gasteiger partial charge in [0.05, 0.1) is 5.52 Å². The van der Waals surface area contributed by atoms with Crippen molar-refractivity contribution >= 4 is 16.9 Å². The molecule has 3 heterocycles. The molecule has 0 saturated carbocycles. The molecule has 0 bridgehead atoms. The highest BCUT2D eigenvalue weighted by molar-refractivity contribution is 5.85. The van der Waals surface area contributed by atoms with Crippen LogP contribution in [0.3, 0.4) is 0 Å². The lowest BCUT2D eigenvalue weighted by Crippen LogP contribution is -2.14. The molecule has 0 aliphatic heterocycles. The van der Waals surface area contributed by atoms with Crippen molar-refractivity contribution in [1.29, 1.82) is 0 Å². The van der Waals surface area contributed by atoms with Gasteiger partial charge in [-0.2, -0.15) is 4.98 Å². The van der Waals surface area contributed by atoms with E-state index in [9.17, 15) is 5.11 Å². The Labute approximate surface area is 140 Å². The van der Waals surface area contributed by atoms with Crippen LogP contribution in [0.4, 0.5) is 5.95 Å². The molecule has 24 heavy (non-hydrogen) atoms. The van der Waals surface area contributed by atoms with Crippen LogP contribution in [-0.4, -0.2) is 30.2 Å².